The van der Waals surface area contributed by atoms with E-state index < -0.39 is 55.4 Å². The molecule has 0 saturated carbocycles. The van der Waals surface area contributed by atoms with Crippen molar-refractivity contribution in [3.63, 3.8) is 0 Å². The van der Waals surface area contributed by atoms with Gasteiger partial charge in [-0.25, -0.2) is 0 Å². The van der Waals surface area contributed by atoms with E-state index in [0.717, 1.165) is 51.4 Å². The molecule has 0 bridgehead atoms. The van der Waals surface area contributed by atoms with Crippen molar-refractivity contribution in [2.45, 2.75) is 205 Å². The molecular formula is C45H78O10. The molecule has 10 nitrogen and oxygen atoms in total. The Hall–Kier alpha value is -2.34. The Balaban J connectivity index is 2.38. The fourth-order valence-corrected chi connectivity index (χ4v) is 6.17. The first-order valence-electron chi connectivity index (χ1n) is 21.7. The number of carbonyl (C=O) groups excluding carboxylic acids is 2. The number of ether oxygens (including phenoxy) is 4. The van der Waals surface area contributed by atoms with Gasteiger partial charge in [-0.2, -0.15) is 0 Å². The molecule has 1 aliphatic heterocycles. The van der Waals surface area contributed by atoms with Gasteiger partial charge in [0.15, 0.2) is 12.4 Å². The SMILES string of the molecule is CCCC/C=C/CCCCCCCCCCCC(=O)O[C@@H](COC(=O)CCCC/C=C/C/C=C/C/C=C/CCCCC)CO[C@H]1O[C@@H](CO)[C@@H](O)C(O)C1O. The molecule has 0 aliphatic carbocycles. The number of hydrogen-bond acceptors (Lipinski definition) is 10. The number of hydrogen-bond donors (Lipinski definition) is 4. The summed E-state index contributed by atoms with van der Waals surface area (Å²) in [6.07, 6.45) is 34.0. The summed E-state index contributed by atoms with van der Waals surface area (Å²) < 4.78 is 22.1. The summed E-state index contributed by atoms with van der Waals surface area (Å²) >= 11 is 0. The van der Waals surface area contributed by atoms with Gasteiger partial charge < -0.3 is 39.4 Å². The number of allylic oxidation sites excluding steroid dienone is 8. The largest absolute Gasteiger partial charge is 0.462 e. The summed E-state index contributed by atoms with van der Waals surface area (Å²) in [5.41, 5.74) is 0. The van der Waals surface area contributed by atoms with Crippen LogP contribution in [0.25, 0.3) is 0 Å². The van der Waals surface area contributed by atoms with Gasteiger partial charge in [0.2, 0.25) is 0 Å². The van der Waals surface area contributed by atoms with E-state index in [0.29, 0.717) is 12.8 Å². The van der Waals surface area contributed by atoms with Crippen LogP contribution in [-0.2, 0) is 28.5 Å². The van der Waals surface area contributed by atoms with Crippen molar-refractivity contribution in [3.05, 3.63) is 48.6 Å². The lowest BCUT2D eigenvalue weighted by Gasteiger charge is -2.39. The first-order chi connectivity index (χ1) is 26.8. The van der Waals surface area contributed by atoms with Crippen molar-refractivity contribution < 1.29 is 49.0 Å². The molecule has 55 heavy (non-hydrogen) atoms. The van der Waals surface area contributed by atoms with Crippen LogP contribution in [0.3, 0.4) is 0 Å². The maximum atomic E-state index is 12.7. The molecular weight excluding hydrogens is 700 g/mol. The van der Waals surface area contributed by atoms with Crippen molar-refractivity contribution in [1.29, 1.82) is 0 Å². The van der Waals surface area contributed by atoms with Crippen molar-refractivity contribution in [1.82, 2.24) is 0 Å². The number of esters is 2. The molecule has 1 heterocycles. The monoisotopic (exact) mass is 779 g/mol. The zero-order valence-corrected chi connectivity index (χ0v) is 34.4. The molecule has 1 rings (SSSR count). The quantitative estimate of drug-likeness (QED) is 0.0279. The van der Waals surface area contributed by atoms with Gasteiger partial charge in [-0.1, -0.05) is 133 Å². The molecule has 1 aliphatic rings. The Labute approximate surface area is 333 Å². The molecule has 6 atom stereocenters. The summed E-state index contributed by atoms with van der Waals surface area (Å²) in [7, 11) is 0. The molecule has 318 valence electrons. The maximum absolute atomic E-state index is 12.7. The Bertz CT molecular complexity index is 1040. The zero-order chi connectivity index (χ0) is 40.2. The maximum Gasteiger partial charge on any atom is 0.306 e. The number of carbonyl (C=O) groups is 2. The van der Waals surface area contributed by atoms with E-state index in [9.17, 15) is 30.0 Å². The molecule has 10 heteroatoms. The van der Waals surface area contributed by atoms with Crippen LogP contribution >= 0.6 is 0 Å². The second-order valence-electron chi connectivity index (χ2n) is 14.8. The van der Waals surface area contributed by atoms with E-state index in [2.05, 4.69) is 62.5 Å². The second kappa shape index (κ2) is 36.0. The predicted molar refractivity (Wildman–Crippen MR) is 219 cm³/mol. The van der Waals surface area contributed by atoms with E-state index in [1.807, 2.05) is 0 Å². The smallest absolute Gasteiger partial charge is 0.306 e. The Morgan fingerprint density at radius 1 is 0.564 bits per heavy atom. The van der Waals surface area contributed by atoms with E-state index in [1.54, 1.807) is 0 Å². The van der Waals surface area contributed by atoms with Crippen LogP contribution in [-0.4, -0.2) is 89.0 Å². The summed E-state index contributed by atoms with van der Waals surface area (Å²) in [6, 6.07) is 0. The lowest BCUT2D eigenvalue weighted by Crippen LogP contribution is -2.59. The molecule has 4 N–H and O–H groups in total. The summed E-state index contributed by atoms with van der Waals surface area (Å²) in [6.45, 7) is 3.31. The Morgan fingerprint density at radius 3 is 1.64 bits per heavy atom. The van der Waals surface area contributed by atoms with Gasteiger partial charge in [0, 0.05) is 12.8 Å². The van der Waals surface area contributed by atoms with Crippen LogP contribution in [0.4, 0.5) is 0 Å². The second-order valence-corrected chi connectivity index (χ2v) is 14.8. The number of aliphatic hydroxyl groups excluding tert-OH is 4. The van der Waals surface area contributed by atoms with Crippen molar-refractivity contribution in [2.24, 2.45) is 0 Å². The van der Waals surface area contributed by atoms with Crippen LogP contribution in [0.15, 0.2) is 48.6 Å². The van der Waals surface area contributed by atoms with Crippen LogP contribution in [0, 0.1) is 0 Å². The third-order valence-corrected chi connectivity index (χ3v) is 9.69. The summed E-state index contributed by atoms with van der Waals surface area (Å²) in [4.78, 5) is 25.3. The first kappa shape index (κ1) is 50.7. The topological polar surface area (TPSA) is 152 Å². The molecule has 0 radical (unpaired) electrons. The summed E-state index contributed by atoms with van der Waals surface area (Å²) in [5.74, 6) is -0.856. The molecule has 0 aromatic rings. The van der Waals surface area contributed by atoms with Gasteiger partial charge in [-0.05, 0) is 70.6 Å². The van der Waals surface area contributed by atoms with Gasteiger partial charge in [-0.15, -0.1) is 0 Å². The Kier molecular flexibility index (Phi) is 33.2. The predicted octanol–water partition coefficient (Wildman–Crippen LogP) is 8.88. The first-order valence-corrected chi connectivity index (χ1v) is 21.7. The van der Waals surface area contributed by atoms with E-state index in [4.69, 9.17) is 18.9 Å². The highest BCUT2D eigenvalue weighted by atomic mass is 16.7. The van der Waals surface area contributed by atoms with Crippen molar-refractivity contribution in [3.8, 4) is 0 Å². The molecule has 1 fully saturated rings. The van der Waals surface area contributed by atoms with E-state index in [-0.39, 0.29) is 26.1 Å². The normalized spacial score (nSPS) is 21.0. The third-order valence-electron chi connectivity index (χ3n) is 9.69. The van der Waals surface area contributed by atoms with Gasteiger partial charge in [0.1, 0.15) is 31.0 Å². The minimum absolute atomic E-state index is 0.218. The molecule has 0 aromatic carbocycles. The van der Waals surface area contributed by atoms with E-state index >= 15 is 0 Å². The average molecular weight is 779 g/mol. The minimum Gasteiger partial charge on any atom is -0.462 e. The average Bonchev–Trinajstić information content (AvgIpc) is 3.18. The fourth-order valence-electron chi connectivity index (χ4n) is 6.17. The third kappa shape index (κ3) is 27.8. The number of unbranched alkanes of at least 4 members (excludes halogenated alkanes) is 16. The van der Waals surface area contributed by atoms with Crippen LogP contribution in [0.1, 0.15) is 168 Å². The van der Waals surface area contributed by atoms with Crippen LogP contribution < -0.4 is 0 Å². The van der Waals surface area contributed by atoms with E-state index in [1.165, 1.54) is 77.0 Å². The van der Waals surface area contributed by atoms with Crippen LogP contribution in [0.2, 0.25) is 0 Å². The lowest BCUT2D eigenvalue weighted by molar-refractivity contribution is -0.305. The van der Waals surface area contributed by atoms with Crippen molar-refractivity contribution in [2.75, 3.05) is 19.8 Å². The van der Waals surface area contributed by atoms with Gasteiger partial charge in [0.25, 0.3) is 0 Å². The minimum atomic E-state index is -1.60. The number of aliphatic hydroxyl groups is 4. The lowest BCUT2D eigenvalue weighted by atomic mass is 9.99. The fraction of sp³-hybridized carbons (Fsp3) is 0.778. The highest BCUT2D eigenvalue weighted by Gasteiger charge is 2.44. The zero-order valence-electron chi connectivity index (χ0n) is 34.4. The van der Waals surface area contributed by atoms with Gasteiger partial charge >= 0.3 is 11.9 Å². The molecule has 0 spiro atoms. The molecule has 1 saturated heterocycles. The van der Waals surface area contributed by atoms with Crippen molar-refractivity contribution >= 4 is 11.9 Å². The highest BCUT2D eigenvalue weighted by Crippen LogP contribution is 2.22. The van der Waals surface area contributed by atoms with Gasteiger partial charge in [0.05, 0.1) is 13.2 Å². The highest BCUT2D eigenvalue weighted by molar-refractivity contribution is 5.70. The molecule has 0 amide bonds. The standard InChI is InChI=1S/C45H78O10/c1-3-5-7-9-11-13-15-17-19-21-23-25-27-29-31-33-40(47)52-36-38(37-53-45-44(51)43(50)42(49)39(35-46)55-45)54-41(48)34-32-30-28-26-24-22-20-18-16-14-12-10-8-6-4-2/h10-13,17,19,23,25,38-39,42-46,49-51H,3-9,14-16,18,20-22,24,26-37H2,1-2H3/b12-10+,13-11+,19-17+,25-23+/t38-,39-,42+,43?,44?,45-/m0/s1. The Morgan fingerprint density at radius 2 is 1.04 bits per heavy atom. The number of rotatable bonds is 35. The van der Waals surface area contributed by atoms with Crippen LogP contribution in [0.5, 0.6) is 0 Å². The summed E-state index contributed by atoms with van der Waals surface area (Å²) in [5, 5.41) is 40.0. The molecule has 2 unspecified atom stereocenters. The molecule has 0 aromatic heterocycles. The van der Waals surface area contributed by atoms with Gasteiger partial charge in [-0.3, -0.25) is 9.59 Å².